The number of hydrogen-bond donors (Lipinski definition) is 7. The molecule has 4 rings (SSSR count). The van der Waals surface area contributed by atoms with Gasteiger partial charge in [-0.25, -0.2) is 9.78 Å². The fourth-order valence-electron chi connectivity index (χ4n) is 4.48. The number of hydroxylamine groups is 2. The van der Waals surface area contributed by atoms with Gasteiger partial charge >= 0.3 is 16.4 Å². The van der Waals surface area contributed by atoms with Crippen LogP contribution in [0.3, 0.4) is 0 Å². The zero-order valence-corrected chi connectivity index (χ0v) is 26.7. The van der Waals surface area contributed by atoms with Crippen molar-refractivity contribution in [2.24, 2.45) is 5.16 Å². The fourth-order valence-corrected chi connectivity index (χ4v) is 5.86. The van der Waals surface area contributed by atoms with Gasteiger partial charge in [0.05, 0.1) is 5.54 Å². The van der Waals surface area contributed by atoms with Crippen molar-refractivity contribution in [3.8, 4) is 5.75 Å². The number of carboxylic acids is 1. The van der Waals surface area contributed by atoms with Crippen LogP contribution in [-0.2, 0) is 33.9 Å². The van der Waals surface area contributed by atoms with E-state index in [4.69, 9.17) is 36.9 Å². The van der Waals surface area contributed by atoms with E-state index >= 15 is 0 Å². The number of nitrogens with zero attached hydrogens (tertiary/aromatic N) is 3. The van der Waals surface area contributed by atoms with Crippen LogP contribution in [0.2, 0.25) is 4.34 Å². The molecule has 0 saturated carbocycles. The molecule has 46 heavy (non-hydrogen) atoms. The zero-order valence-electron chi connectivity index (χ0n) is 24.4. The number of halogens is 1. The quantitative estimate of drug-likeness (QED) is 0.0481. The Labute approximate surface area is 271 Å². The molecule has 8 N–H and O–H groups in total. The second-order valence-electron chi connectivity index (χ2n) is 10.6. The van der Waals surface area contributed by atoms with Crippen LogP contribution in [0.25, 0.3) is 0 Å². The van der Waals surface area contributed by atoms with Gasteiger partial charge in [-0.1, -0.05) is 28.1 Å². The molecule has 2 atom stereocenters. The minimum atomic E-state index is -5.04. The number of β-lactam (4-membered cyclic amide) rings is 1. The summed E-state index contributed by atoms with van der Waals surface area (Å²) in [4.78, 5) is 46.8. The lowest BCUT2D eigenvalue weighted by Gasteiger charge is -2.50. The Bertz CT molecular complexity index is 1630. The van der Waals surface area contributed by atoms with Gasteiger partial charge in [-0.05, 0) is 64.0 Å². The number of piperidine rings is 1. The molecule has 2 aliphatic heterocycles. The third kappa shape index (κ3) is 8.39. The third-order valence-corrected chi connectivity index (χ3v) is 8.36. The van der Waals surface area contributed by atoms with Gasteiger partial charge in [-0.2, -0.15) is 13.5 Å². The van der Waals surface area contributed by atoms with Gasteiger partial charge in [0, 0.05) is 11.6 Å². The van der Waals surface area contributed by atoms with Crippen molar-refractivity contribution in [3.05, 3.63) is 39.9 Å². The Morgan fingerprint density at radius 1 is 1.28 bits per heavy atom. The molecule has 2 aromatic rings. The molecule has 0 radical (unpaired) electrons. The molecule has 0 bridgehead atoms. The molecular weight excluding hydrogens is 672 g/mol. The zero-order chi connectivity index (χ0) is 33.8. The second-order valence-corrected chi connectivity index (χ2v) is 13.3. The van der Waals surface area contributed by atoms with Crippen LogP contribution < -0.4 is 26.4 Å². The number of nitrogen functional groups attached to an aromatic ring is 1. The summed E-state index contributed by atoms with van der Waals surface area (Å²) in [5.41, 5.74) is 3.91. The molecule has 2 aliphatic rings. The van der Waals surface area contributed by atoms with Gasteiger partial charge in [-0.15, -0.1) is 4.28 Å². The average molecular weight is 703 g/mol. The number of thiazole rings is 1. The average Bonchev–Trinajstić information content (AvgIpc) is 3.33. The molecule has 1 aromatic carbocycles. The van der Waals surface area contributed by atoms with Crippen molar-refractivity contribution in [2.45, 2.75) is 50.4 Å². The van der Waals surface area contributed by atoms with Gasteiger partial charge in [0.25, 0.3) is 17.9 Å². The van der Waals surface area contributed by atoms with Gasteiger partial charge in [-0.3, -0.25) is 19.6 Å². The first-order valence-electron chi connectivity index (χ1n) is 13.6. The summed E-state index contributed by atoms with van der Waals surface area (Å²) >= 11 is 6.95. The number of oxime groups is 1. The van der Waals surface area contributed by atoms with Crippen LogP contribution in [0.5, 0.6) is 5.75 Å². The number of aliphatic carboxylic acids is 1. The first kappa shape index (κ1) is 34.8. The highest BCUT2D eigenvalue weighted by molar-refractivity contribution is 7.80. The van der Waals surface area contributed by atoms with Gasteiger partial charge < -0.3 is 36.4 Å². The Hall–Kier alpha value is -4.08. The van der Waals surface area contributed by atoms with E-state index in [9.17, 15) is 27.9 Å². The number of amides is 2. The highest BCUT2D eigenvalue weighted by atomic mass is 35.5. The molecular formula is C25H31ClN8O10S2. The smallest absolute Gasteiger partial charge is 0.418 e. The topological polar surface area (TPSA) is 268 Å². The summed E-state index contributed by atoms with van der Waals surface area (Å²) in [5.74, 6) is -3.11. The molecule has 21 heteroatoms. The van der Waals surface area contributed by atoms with E-state index in [0.717, 1.165) is 37.3 Å². The van der Waals surface area contributed by atoms with Gasteiger partial charge in [0.15, 0.2) is 10.8 Å². The van der Waals surface area contributed by atoms with E-state index in [0.29, 0.717) is 10.6 Å². The number of aromatic nitrogens is 1. The van der Waals surface area contributed by atoms with Crippen molar-refractivity contribution in [1.29, 1.82) is 5.41 Å². The van der Waals surface area contributed by atoms with Crippen LogP contribution in [0.15, 0.2) is 29.4 Å². The standard InChI is InChI=1S/C25H31ClN8O10S2/c1-25(2)18(22(36)34(25)44-46(39,40)41)32-21(35)17(16-19(26)45-24(28)31-16)33-43-15(23(37)38)11-42-14-5-3-12(4-6-14)20(27)30-13-7-9-29-10-8-13/h3-6,13,15,18,29H,7-11H2,1-2H3,(H2,27,30)(H2,28,31)(H,32,35)(H,37,38)(H,39,40,41)/b33-17-/t15?,18-/m1/s1. The number of carbonyl (C=O) groups excluding carboxylic acids is 2. The summed E-state index contributed by atoms with van der Waals surface area (Å²) in [6, 6.07) is 5.21. The van der Waals surface area contributed by atoms with Crippen LogP contribution >= 0.6 is 22.9 Å². The number of rotatable bonds is 13. The van der Waals surface area contributed by atoms with Crippen molar-refractivity contribution < 1.29 is 46.3 Å². The fraction of sp³-hybridized carbons (Fsp3) is 0.440. The number of hydrogen-bond acceptors (Lipinski definition) is 14. The van der Waals surface area contributed by atoms with E-state index in [1.807, 2.05) is 0 Å². The number of carboxylic acid groups (broad SMARTS) is 1. The maximum atomic E-state index is 13.3. The van der Waals surface area contributed by atoms with E-state index in [1.54, 1.807) is 24.3 Å². The number of anilines is 1. The maximum Gasteiger partial charge on any atom is 0.418 e. The van der Waals surface area contributed by atoms with Gasteiger partial charge in [0.1, 0.15) is 34.3 Å². The van der Waals surface area contributed by atoms with Crippen LogP contribution in [0.4, 0.5) is 5.13 Å². The van der Waals surface area contributed by atoms with E-state index < -0.39 is 58.2 Å². The van der Waals surface area contributed by atoms with Crippen molar-refractivity contribution in [1.82, 2.24) is 26.0 Å². The molecule has 2 amide bonds. The summed E-state index contributed by atoms with van der Waals surface area (Å²) in [7, 11) is -5.04. The SMILES string of the molecule is CC1(C)[C@H](NC(=O)/C(=N\OC(COc2ccc(C(=N)NC3CCNCC3)cc2)C(=O)O)c2nc(N)sc2Cl)C(=O)N1OS(=O)(=O)O. The summed E-state index contributed by atoms with van der Waals surface area (Å²) in [6.45, 7) is 3.87. The highest BCUT2D eigenvalue weighted by Gasteiger charge is 2.58. The Kier molecular flexibility index (Phi) is 10.7. The first-order valence-corrected chi connectivity index (χ1v) is 16.1. The number of ether oxygens (including phenoxy) is 1. The summed E-state index contributed by atoms with van der Waals surface area (Å²) in [6.07, 6.45) is 0.0580. The molecule has 250 valence electrons. The van der Waals surface area contributed by atoms with Crippen molar-refractivity contribution in [2.75, 3.05) is 25.4 Å². The predicted molar refractivity (Wildman–Crippen MR) is 164 cm³/mol. The Morgan fingerprint density at radius 3 is 2.48 bits per heavy atom. The number of nitrogens with one attached hydrogen (secondary N) is 4. The molecule has 2 saturated heterocycles. The number of amidine groups is 1. The van der Waals surface area contributed by atoms with Crippen LogP contribution in [-0.4, -0.2) is 101 Å². The maximum absolute atomic E-state index is 13.3. The molecule has 0 aliphatic carbocycles. The van der Waals surface area contributed by atoms with E-state index in [-0.39, 0.29) is 32.8 Å². The molecule has 1 aromatic heterocycles. The molecule has 1 unspecified atom stereocenters. The first-order chi connectivity index (χ1) is 21.6. The largest absolute Gasteiger partial charge is 0.489 e. The Morgan fingerprint density at radius 2 is 1.93 bits per heavy atom. The third-order valence-electron chi connectivity index (χ3n) is 6.94. The minimum absolute atomic E-state index is 0.0612. The lowest BCUT2D eigenvalue weighted by atomic mass is 9.84. The lowest BCUT2D eigenvalue weighted by Crippen LogP contribution is -2.76. The van der Waals surface area contributed by atoms with Gasteiger partial charge in [0.2, 0.25) is 0 Å². The number of nitrogens with two attached hydrogens (primary N) is 1. The molecule has 0 spiro atoms. The van der Waals surface area contributed by atoms with Crippen LogP contribution in [0, 0.1) is 5.41 Å². The van der Waals surface area contributed by atoms with Crippen LogP contribution in [0.1, 0.15) is 37.9 Å². The second kappa shape index (κ2) is 14.1. The number of carbonyl (C=O) groups is 3. The Balaban J connectivity index is 1.44. The molecule has 18 nitrogen and oxygen atoms in total. The van der Waals surface area contributed by atoms with E-state index in [1.165, 1.54) is 13.8 Å². The minimum Gasteiger partial charge on any atom is -0.489 e. The normalized spacial score (nSPS) is 19.1. The summed E-state index contributed by atoms with van der Waals surface area (Å²) < 4.78 is 40.9. The molecule has 3 heterocycles. The van der Waals surface area contributed by atoms with Crippen molar-refractivity contribution >= 4 is 67.8 Å². The predicted octanol–water partition coefficient (Wildman–Crippen LogP) is 0.139. The summed E-state index contributed by atoms with van der Waals surface area (Å²) in [5, 5.41) is 30.8. The van der Waals surface area contributed by atoms with E-state index in [2.05, 4.69) is 30.4 Å². The highest BCUT2D eigenvalue weighted by Crippen LogP contribution is 2.33. The lowest BCUT2D eigenvalue weighted by molar-refractivity contribution is -0.218. The van der Waals surface area contributed by atoms with Crippen molar-refractivity contribution in [3.63, 3.8) is 0 Å². The molecule has 2 fully saturated rings. The number of benzene rings is 1. The monoisotopic (exact) mass is 702 g/mol.